The zero-order chi connectivity index (χ0) is 12.7. The molecule has 0 aliphatic carbocycles. The van der Waals surface area contributed by atoms with Crippen LogP contribution in [0.2, 0.25) is 0 Å². The van der Waals surface area contributed by atoms with E-state index >= 15 is 0 Å². The molecule has 1 aromatic carbocycles. The summed E-state index contributed by atoms with van der Waals surface area (Å²) in [5, 5.41) is 2.78. The lowest BCUT2D eigenvalue weighted by Gasteiger charge is -2.09. The van der Waals surface area contributed by atoms with Gasteiger partial charge in [0.15, 0.2) is 0 Å². The Balaban J connectivity index is 2.74. The molecule has 1 aromatic rings. The minimum absolute atomic E-state index is 0.0839. The van der Waals surface area contributed by atoms with Crippen LogP contribution < -0.4 is 10.1 Å². The van der Waals surface area contributed by atoms with Crippen molar-refractivity contribution >= 4 is 5.91 Å². The fraction of sp³-hybridized carbons (Fsp3) is 0.462. The molecular weight excluding hydrogens is 218 g/mol. The van der Waals surface area contributed by atoms with E-state index in [0.29, 0.717) is 18.7 Å². The molecule has 0 spiro atoms. The Bertz CT molecular complexity index is 377. The topological polar surface area (TPSA) is 47.6 Å². The number of ether oxygens (including phenoxy) is 2. The third-order valence-corrected chi connectivity index (χ3v) is 2.52. The van der Waals surface area contributed by atoms with Crippen molar-refractivity contribution in [2.45, 2.75) is 13.3 Å². The van der Waals surface area contributed by atoms with Crippen molar-refractivity contribution in [3.63, 3.8) is 0 Å². The van der Waals surface area contributed by atoms with Gasteiger partial charge in [-0.25, -0.2) is 0 Å². The fourth-order valence-electron chi connectivity index (χ4n) is 1.56. The van der Waals surface area contributed by atoms with E-state index in [-0.39, 0.29) is 5.91 Å². The molecule has 1 rings (SSSR count). The number of benzene rings is 1. The van der Waals surface area contributed by atoms with Crippen LogP contribution in [0.1, 0.15) is 22.8 Å². The molecule has 0 bridgehead atoms. The maximum Gasteiger partial charge on any atom is 0.251 e. The third-order valence-electron chi connectivity index (χ3n) is 2.52. The van der Waals surface area contributed by atoms with Crippen molar-refractivity contribution in [2.75, 3.05) is 27.4 Å². The Labute approximate surface area is 102 Å². The molecule has 4 heteroatoms. The second kappa shape index (κ2) is 6.91. The van der Waals surface area contributed by atoms with Crippen molar-refractivity contribution in [3.8, 4) is 5.75 Å². The third kappa shape index (κ3) is 3.75. The van der Waals surface area contributed by atoms with Gasteiger partial charge in [0.1, 0.15) is 5.75 Å². The number of aryl methyl sites for hydroxylation is 1. The first-order valence-corrected chi connectivity index (χ1v) is 5.67. The molecule has 0 heterocycles. The average molecular weight is 237 g/mol. The van der Waals surface area contributed by atoms with Gasteiger partial charge in [-0.05, 0) is 30.2 Å². The van der Waals surface area contributed by atoms with E-state index in [9.17, 15) is 4.79 Å². The second-order valence-corrected chi connectivity index (χ2v) is 3.63. The van der Waals surface area contributed by atoms with Crippen LogP contribution >= 0.6 is 0 Å². The molecule has 94 valence electrons. The smallest absolute Gasteiger partial charge is 0.251 e. The lowest BCUT2D eigenvalue weighted by atomic mass is 10.1. The van der Waals surface area contributed by atoms with Crippen LogP contribution in [0.25, 0.3) is 0 Å². The summed E-state index contributed by atoms with van der Waals surface area (Å²) in [6.07, 6.45) is 0.836. The quantitative estimate of drug-likeness (QED) is 0.765. The maximum absolute atomic E-state index is 11.8. The lowest BCUT2D eigenvalue weighted by Crippen LogP contribution is -2.27. The summed E-state index contributed by atoms with van der Waals surface area (Å²) >= 11 is 0. The minimum Gasteiger partial charge on any atom is -0.496 e. The summed E-state index contributed by atoms with van der Waals surface area (Å²) < 4.78 is 10.1. The Morgan fingerprint density at radius 1 is 1.35 bits per heavy atom. The molecule has 0 aliphatic heterocycles. The van der Waals surface area contributed by atoms with Crippen LogP contribution in [-0.4, -0.2) is 33.3 Å². The van der Waals surface area contributed by atoms with Gasteiger partial charge in [0, 0.05) is 19.2 Å². The molecular formula is C13H19NO3. The molecule has 0 radical (unpaired) electrons. The number of amides is 1. The summed E-state index contributed by atoms with van der Waals surface area (Å²) in [5.41, 5.74) is 1.69. The number of hydrogen-bond acceptors (Lipinski definition) is 3. The van der Waals surface area contributed by atoms with Gasteiger partial charge < -0.3 is 14.8 Å². The van der Waals surface area contributed by atoms with Crippen LogP contribution in [0.15, 0.2) is 18.2 Å². The second-order valence-electron chi connectivity index (χ2n) is 3.63. The van der Waals surface area contributed by atoms with Gasteiger partial charge in [0.25, 0.3) is 5.91 Å². The van der Waals surface area contributed by atoms with E-state index in [1.165, 1.54) is 0 Å². The number of rotatable bonds is 6. The standard InChI is InChI=1S/C13H19NO3/c1-4-10-9-11(5-6-12(10)17-3)13(15)14-7-8-16-2/h5-6,9H,4,7-8H2,1-3H3,(H,14,15). The van der Waals surface area contributed by atoms with Gasteiger partial charge in [-0.15, -0.1) is 0 Å². The van der Waals surface area contributed by atoms with Crippen LogP contribution in [0.3, 0.4) is 0 Å². The SMILES string of the molecule is CCc1cc(C(=O)NCCOC)ccc1OC. The van der Waals surface area contributed by atoms with Gasteiger partial charge in [0.2, 0.25) is 0 Å². The molecule has 1 N–H and O–H groups in total. The molecule has 0 unspecified atom stereocenters. The Hall–Kier alpha value is -1.55. The molecule has 0 atom stereocenters. The molecule has 0 fully saturated rings. The first-order chi connectivity index (χ1) is 8.22. The van der Waals surface area contributed by atoms with Gasteiger partial charge in [0.05, 0.1) is 13.7 Å². The van der Waals surface area contributed by atoms with Crippen molar-refractivity contribution < 1.29 is 14.3 Å². The van der Waals surface area contributed by atoms with E-state index in [1.54, 1.807) is 20.3 Å². The predicted octanol–water partition coefficient (Wildman–Crippen LogP) is 1.63. The Morgan fingerprint density at radius 3 is 2.71 bits per heavy atom. The molecule has 4 nitrogen and oxygen atoms in total. The van der Waals surface area contributed by atoms with Crippen LogP contribution in [0, 0.1) is 0 Å². The number of carbonyl (C=O) groups is 1. The van der Waals surface area contributed by atoms with E-state index < -0.39 is 0 Å². The fourth-order valence-corrected chi connectivity index (χ4v) is 1.56. The first-order valence-electron chi connectivity index (χ1n) is 5.67. The van der Waals surface area contributed by atoms with Crippen molar-refractivity contribution in [1.29, 1.82) is 0 Å². The number of nitrogens with one attached hydrogen (secondary N) is 1. The molecule has 17 heavy (non-hydrogen) atoms. The maximum atomic E-state index is 11.8. The van der Waals surface area contributed by atoms with E-state index in [4.69, 9.17) is 9.47 Å². The average Bonchev–Trinajstić information content (AvgIpc) is 2.38. The minimum atomic E-state index is -0.0839. The number of carbonyl (C=O) groups excluding carboxylic acids is 1. The van der Waals surface area contributed by atoms with E-state index in [2.05, 4.69) is 5.32 Å². The highest BCUT2D eigenvalue weighted by Crippen LogP contribution is 2.20. The van der Waals surface area contributed by atoms with E-state index in [1.807, 2.05) is 19.1 Å². The summed E-state index contributed by atoms with van der Waals surface area (Å²) in [6, 6.07) is 5.45. The zero-order valence-corrected chi connectivity index (χ0v) is 10.6. The molecule has 0 saturated heterocycles. The number of hydrogen-bond donors (Lipinski definition) is 1. The van der Waals surface area contributed by atoms with Crippen molar-refractivity contribution in [3.05, 3.63) is 29.3 Å². The highest BCUT2D eigenvalue weighted by molar-refractivity contribution is 5.94. The number of methoxy groups -OCH3 is 2. The Morgan fingerprint density at radius 2 is 2.12 bits per heavy atom. The van der Waals surface area contributed by atoms with Crippen LogP contribution in [0.5, 0.6) is 5.75 Å². The van der Waals surface area contributed by atoms with E-state index in [0.717, 1.165) is 17.7 Å². The normalized spacial score (nSPS) is 10.1. The summed E-state index contributed by atoms with van der Waals surface area (Å²) in [6.45, 7) is 3.07. The van der Waals surface area contributed by atoms with Gasteiger partial charge >= 0.3 is 0 Å². The molecule has 1 amide bonds. The van der Waals surface area contributed by atoms with Gasteiger partial charge in [-0.2, -0.15) is 0 Å². The van der Waals surface area contributed by atoms with Crippen LogP contribution in [0.4, 0.5) is 0 Å². The van der Waals surface area contributed by atoms with Crippen molar-refractivity contribution in [1.82, 2.24) is 5.32 Å². The highest BCUT2D eigenvalue weighted by Gasteiger charge is 2.08. The predicted molar refractivity (Wildman–Crippen MR) is 66.6 cm³/mol. The summed E-state index contributed by atoms with van der Waals surface area (Å²) in [4.78, 5) is 11.8. The molecule has 0 saturated carbocycles. The summed E-state index contributed by atoms with van der Waals surface area (Å²) in [7, 11) is 3.24. The lowest BCUT2D eigenvalue weighted by molar-refractivity contribution is 0.0937. The summed E-state index contributed by atoms with van der Waals surface area (Å²) in [5.74, 6) is 0.736. The van der Waals surface area contributed by atoms with Gasteiger partial charge in [-0.1, -0.05) is 6.92 Å². The van der Waals surface area contributed by atoms with Crippen LogP contribution in [-0.2, 0) is 11.2 Å². The Kier molecular flexibility index (Phi) is 5.49. The highest BCUT2D eigenvalue weighted by atomic mass is 16.5. The van der Waals surface area contributed by atoms with Gasteiger partial charge in [-0.3, -0.25) is 4.79 Å². The zero-order valence-electron chi connectivity index (χ0n) is 10.6. The molecule has 0 aliphatic rings. The first kappa shape index (κ1) is 13.5. The van der Waals surface area contributed by atoms with Crippen molar-refractivity contribution in [2.24, 2.45) is 0 Å². The monoisotopic (exact) mass is 237 g/mol. The molecule has 0 aromatic heterocycles. The largest absolute Gasteiger partial charge is 0.496 e.